The molecule has 27 heavy (non-hydrogen) atoms. The largest absolute Gasteiger partial charge is 0.457 e. The van der Waals surface area contributed by atoms with Crippen LogP contribution in [0.4, 0.5) is 0 Å². The van der Waals surface area contributed by atoms with Crippen molar-refractivity contribution in [2.45, 2.75) is 13.2 Å². The van der Waals surface area contributed by atoms with Crippen LogP contribution in [-0.4, -0.2) is 9.97 Å². The maximum atomic E-state index is 5.79. The third-order valence-corrected chi connectivity index (χ3v) is 3.86. The molecule has 4 aromatic rings. The molecule has 2 aromatic heterocycles. The molecule has 4 rings (SSSR count). The summed E-state index contributed by atoms with van der Waals surface area (Å²) in [5.41, 5.74) is 2.51. The van der Waals surface area contributed by atoms with Crippen LogP contribution in [0, 0.1) is 0 Å². The molecule has 0 unspecified atom stereocenters. The van der Waals surface area contributed by atoms with Crippen LogP contribution >= 0.6 is 0 Å². The highest BCUT2D eigenvalue weighted by atomic mass is 16.5. The number of rotatable bonds is 7. The Hall–Kier alpha value is -3.44. The van der Waals surface area contributed by atoms with Gasteiger partial charge < -0.3 is 13.9 Å². The van der Waals surface area contributed by atoms with Crippen LogP contribution in [0.2, 0.25) is 0 Å². The zero-order chi connectivity index (χ0) is 18.3. The summed E-state index contributed by atoms with van der Waals surface area (Å²) in [4.78, 5) is 8.69. The summed E-state index contributed by atoms with van der Waals surface area (Å²) in [6, 6.07) is 23.0. The van der Waals surface area contributed by atoms with Gasteiger partial charge in [0.25, 0.3) is 0 Å². The summed E-state index contributed by atoms with van der Waals surface area (Å²) >= 11 is 0. The zero-order valence-corrected chi connectivity index (χ0v) is 14.6. The first-order valence-electron chi connectivity index (χ1n) is 8.62. The van der Waals surface area contributed by atoms with Crippen LogP contribution in [0.3, 0.4) is 0 Å². The van der Waals surface area contributed by atoms with Crippen molar-refractivity contribution in [3.63, 3.8) is 0 Å². The van der Waals surface area contributed by atoms with Crippen molar-refractivity contribution in [1.82, 2.24) is 9.97 Å². The summed E-state index contributed by atoms with van der Waals surface area (Å²) in [6.07, 6.45) is 3.36. The molecule has 0 N–H and O–H groups in total. The second-order valence-corrected chi connectivity index (χ2v) is 5.90. The minimum atomic E-state index is 0.370. The summed E-state index contributed by atoms with van der Waals surface area (Å²) < 4.78 is 17.0. The van der Waals surface area contributed by atoms with E-state index in [0.29, 0.717) is 19.1 Å². The molecule has 0 amide bonds. The van der Waals surface area contributed by atoms with E-state index in [0.717, 1.165) is 28.5 Å². The minimum Gasteiger partial charge on any atom is -0.457 e. The van der Waals surface area contributed by atoms with Crippen LogP contribution in [0.5, 0.6) is 11.5 Å². The Morgan fingerprint density at radius 3 is 2.26 bits per heavy atom. The highest BCUT2D eigenvalue weighted by Crippen LogP contribution is 2.25. The van der Waals surface area contributed by atoms with E-state index in [1.54, 1.807) is 12.5 Å². The highest BCUT2D eigenvalue weighted by molar-refractivity contribution is 5.55. The third kappa shape index (κ3) is 4.59. The monoisotopic (exact) mass is 358 g/mol. The molecule has 0 bridgehead atoms. The van der Waals surface area contributed by atoms with Gasteiger partial charge in [0, 0.05) is 11.8 Å². The van der Waals surface area contributed by atoms with E-state index in [9.17, 15) is 0 Å². The van der Waals surface area contributed by atoms with E-state index in [4.69, 9.17) is 13.9 Å². The highest BCUT2D eigenvalue weighted by Gasteiger charge is 2.08. The molecule has 0 aliphatic heterocycles. The fraction of sp³-hybridized carbons (Fsp3) is 0.0909. The Balaban J connectivity index is 1.35. The SMILES string of the molecule is c1ccc(Oc2ccc(-c3nc(COCc4ccccn4)co3)cc2)cc1. The van der Waals surface area contributed by atoms with Gasteiger partial charge >= 0.3 is 0 Å². The standard InChI is InChI=1S/C22H18N2O3/c1-2-7-20(8-3-1)27-21-11-9-17(10-12-21)22-24-19(16-26-22)15-25-14-18-6-4-5-13-23-18/h1-13,16H,14-15H2. The van der Waals surface area contributed by atoms with Crippen LogP contribution in [0.25, 0.3) is 11.5 Å². The van der Waals surface area contributed by atoms with Crippen molar-refractivity contribution >= 4 is 0 Å². The number of pyridine rings is 1. The number of ether oxygens (including phenoxy) is 2. The average Bonchev–Trinajstić information content (AvgIpc) is 3.19. The van der Waals surface area contributed by atoms with Crippen LogP contribution in [0.1, 0.15) is 11.4 Å². The van der Waals surface area contributed by atoms with Crippen molar-refractivity contribution in [3.8, 4) is 23.0 Å². The molecule has 2 aromatic carbocycles. The van der Waals surface area contributed by atoms with E-state index >= 15 is 0 Å². The van der Waals surface area contributed by atoms with E-state index in [-0.39, 0.29) is 0 Å². The van der Waals surface area contributed by atoms with Crippen LogP contribution in [-0.2, 0) is 18.0 Å². The van der Waals surface area contributed by atoms with Crippen molar-refractivity contribution in [2.24, 2.45) is 0 Å². The lowest BCUT2D eigenvalue weighted by atomic mass is 10.2. The van der Waals surface area contributed by atoms with Gasteiger partial charge in [-0.3, -0.25) is 4.98 Å². The van der Waals surface area contributed by atoms with E-state index in [2.05, 4.69) is 9.97 Å². The number of hydrogen-bond donors (Lipinski definition) is 0. The predicted octanol–water partition coefficient (Wildman–Crippen LogP) is 5.25. The molecule has 0 saturated carbocycles. The summed E-state index contributed by atoms with van der Waals surface area (Å²) in [6.45, 7) is 0.809. The number of para-hydroxylation sites is 1. The van der Waals surface area contributed by atoms with Gasteiger partial charge in [0.05, 0.1) is 18.9 Å². The average molecular weight is 358 g/mol. The minimum absolute atomic E-state index is 0.370. The van der Waals surface area contributed by atoms with Crippen molar-refractivity contribution < 1.29 is 13.9 Å². The predicted molar refractivity (Wildman–Crippen MR) is 101 cm³/mol. The molecule has 5 nitrogen and oxygen atoms in total. The first-order valence-corrected chi connectivity index (χ1v) is 8.62. The molecule has 134 valence electrons. The maximum absolute atomic E-state index is 5.79. The molecule has 0 atom stereocenters. The zero-order valence-electron chi connectivity index (χ0n) is 14.6. The Morgan fingerprint density at radius 1 is 0.741 bits per heavy atom. The smallest absolute Gasteiger partial charge is 0.226 e. The molecule has 0 aliphatic carbocycles. The molecule has 0 radical (unpaired) electrons. The molecule has 0 fully saturated rings. The fourth-order valence-electron chi connectivity index (χ4n) is 2.54. The van der Waals surface area contributed by atoms with Gasteiger partial charge in [0.15, 0.2) is 0 Å². The number of nitrogens with zero attached hydrogens (tertiary/aromatic N) is 2. The molecule has 2 heterocycles. The molecule has 0 aliphatic rings. The van der Waals surface area contributed by atoms with E-state index in [1.165, 1.54) is 0 Å². The molecule has 0 saturated heterocycles. The van der Waals surface area contributed by atoms with Gasteiger partial charge in [-0.15, -0.1) is 0 Å². The number of aromatic nitrogens is 2. The fourth-order valence-corrected chi connectivity index (χ4v) is 2.54. The molecule has 0 spiro atoms. The lowest BCUT2D eigenvalue weighted by molar-refractivity contribution is 0.102. The summed E-state index contributed by atoms with van der Waals surface area (Å²) in [7, 11) is 0. The van der Waals surface area contributed by atoms with Crippen molar-refractivity contribution in [1.29, 1.82) is 0 Å². The first-order chi connectivity index (χ1) is 13.4. The third-order valence-electron chi connectivity index (χ3n) is 3.86. The second-order valence-electron chi connectivity index (χ2n) is 5.90. The number of benzene rings is 2. The number of hydrogen-bond acceptors (Lipinski definition) is 5. The van der Waals surface area contributed by atoms with Crippen LogP contribution in [0.15, 0.2) is 89.7 Å². The lowest BCUT2D eigenvalue weighted by Crippen LogP contribution is -1.96. The molecular weight excluding hydrogens is 340 g/mol. The van der Waals surface area contributed by atoms with Gasteiger partial charge in [-0.25, -0.2) is 4.98 Å². The van der Waals surface area contributed by atoms with Gasteiger partial charge in [-0.05, 0) is 48.5 Å². The van der Waals surface area contributed by atoms with E-state index < -0.39 is 0 Å². The molecular formula is C22H18N2O3. The quantitative estimate of drug-likeness (QED) is 0.452. The van der Waals surface area contributed by atoms with Gasteiger partial charge in [-0.2, -0.15) is 0 Å². The summed E-state index contributed by atoms with van der Waals surface area (Å²) in [5, 5.41) is 0. The normalized spacial score (nSPS) is 10.7. The van der Waals surface area contributed by atoms with Crippen LogP contribution < -0.4 is 4.74 Å². The number of oxazole rings is 1. The van der Waals surface area contributed by atoms with Crippen molar-refractivity contribution in [3.05, 3.63) is 96.6 Å². The Bertz CT molecular complexity index is 967. The Labute approximate surface area is 157 Å². The van der Waals surface area contributed by atoms with Gasteiger partial charge in [0.2, 0.25) is 5.89 Å². The topological polar surface area (TPSA) is 57.4 Å². The van der Waals surface area contributed by atoms with E-state index in [1.807, 2.05) is 72.8 Å². The van der Waals surface area contributed by atoms with Gasteiger partial charge in [0.1, 0.15) is 23.5 Å². The Morgan fingerprint density at radius 2 is 1.48 bits per heavy atom. The molecule has 5 heteroatoms. The second kappa shape index (κ2) is 8.29. The van der Waals surface area contributed by atoms with Gasteiger partial charge in [-0.1, -0.05) is 24.3 Å². The first kappa shape index (κ1) is 17.0. The summed E-state index contributed by atoms with van der Waals surface area (Å²) in [5.74, 6) is 2.11. The maximum Gasteiger partial charge on any atom is 0.226 e. The lowest BCUT2D eigenvalue weighted by Gasteiger charge is -2.05. The Kier molecular flexibility index (Phi) is 5.22. The van der Waals surface area contributed by atoms with Crippen molar-refractivity contribution in [2.75, 3.05) is 0 Å².